The summed E-state index contributed by atoms with van der Waals surface area (Å²) >= 11 is 0. The summed E-state index contributed by atoms with van der Waals surface area (Å²) in [5.74, 6) is 0. The van der Waals surface area contributed by atoms with Crippen molar-refractivity contribution in [1.82, 2.24) is 0 Å². The van der Waals surface area contributed by atoms with E-state index in [4.69, 9.17) is 0 Å². The summed E-state index contributed by atoms with van der Waals surface area (Å²) in [5.41, 5.74) is 1.52. The second kappa shape index (κ2) is 13.1. The second-order valence-corrected chi connectivity index (χ2v) is 9.06. The van der Waals surface area contributed by atoms with Crippen LogP contribution in [0.5, 0.6) is 0 Å². The molecule has 0 bridgehead atoms. The lowest BCUT2D eigenvalue weighted by atomic mass is 10.2. The summed E-state index contributed by atoms with van der Waals surface area (Å²) in [5, 5.41) is 1.68. The van der Waals surface area contributed by atoms with Gasteiger partial charge in [-0.05, 0) is 43.0 Å². The molecule has 0 aliphatic heterocycles. The minimum absolute atomic E-state index is 0.0816. The number of rotatable bonds is 13. The van der Waals surface area contributed by atoms with Gasteiger partial charge in [0, 0.05) is 0 Å². The molecule has 0 atom stereocenters. The van der Waals surface area contributed by atoms with Crippen LogP contribution >= 0.6 is 7.92 Å². The highest BCUT2D eigenvalue weighted by molar-refractivity contribution is 7.65. The SMILES string of the molecule is CCCCCCCP(CCCCCCC)c1ccccc1C. The average Bonchev–Trinajstić information content (AvgIpc) is 2.53. The van der Waals surface area contributed by atoms with Gasteiger partial charge in [-0.3, -0.25) is 0 Å². The van der Waals surface area contributed by atoms with Gasteiger partial charge in [-0.2, -0.15) is 0 Å². The molecule has 1 aromatic rings. The molecule has 0 aliphatic carbocycles. The van der Waals surface area contributed by atoms with Gasteiger partial charge in [0.1, 0.15) is 0 Å². The van der Waals surface area contributed by atoms with E-state index in [1.165, 1.54) is 82.1 Å². The number of hydrogen-bond acceptors (Lipinski definition) is 0. The quantitative estimate of drug-likeness (QED) is 0.270. The molecule has 0 spiro atoms. The van der Waals surface area contributed by atoms with Crippen LogP contribution in [0.25, 0.3) is 0 Å². The topological polar surface area (TPSA) is 0 Å². The van der Waals surface area contributed by atoms with Crippen LogP contribution in [0.2, 0.25) is 0 Å². The van der Waals surface area contributed by atoms with E-state index in [1.54, 1.807) is 5.30 Å². The van der Waals surface area contributed by atoms with Crippen LogP contribution in [0.3, 0.4) is 0 Å². The second-order valence-electron chi connectivity index (χ2n) is 6.60. The van der Waals surface area contributed by atoms with Crippen molar-refractivity contribution in [3.63, 3.8) is 0 Å². The standard InChI is InChI=1S/C21H37P/c1-4-6-8-10-14-18-22(19-15-11-9-7-5-2)21-17-13-12-16-20(21)3/h12-13,16-17H,4-11,14-15,18-19H2,1-3H3. The molecule has 0 N–H and O–H groups in total. The molecule has 0 saturated heterocycles. The third kappa shape index (κ3) is 8.33. The minimum atomic E-state index is 0.0816. The van der Waals surface area contributed by atoms with E-state index in [-0.39, 0.29) is 7.92 Å². The van der Waals surface area contributed by atoms with Gasteiger partial charge in [-0.15, -0.1) is 0 Å². The summed E-state index contributed by atoms with van der Waals surface area (Å²) in [4.78, 5) is 0. The molecule has 0 fully saturated rings. The zero-order valence-electron chi connectivity index (χ0n) is 15.2. The molecule has 0 nitrogen and oxygen atoms in total. The van der Waals surface area contributed by atoms with Crippen LogP contribution in [0.15, 0.2) is 24.3 Å². The first-order valence-corrected chi connectivity index (χ1v) is 11.3. The molecule has 0 saturated carbocycles. The molecule has 0 amide bonds. The normalized spacial score (nSPS) is 11.3. The van der Waals surface area contributed by atoms with E-state index < -0.39 is 0 Å². The lowest BCUT2D eigenvalue weighted by Crippen LogP contribution is -2.10. The fourth-order valence-corrected chi connectivity index (χ4v) is 5.87. The van der Waals surface area contributed by atoms with Crippen molar-refractivity contribution in [2.75, 3.05) is 12.3 Å². The molecule has 0 radical (unpaired) electrons. The summed E-state index contributed by atoms with van der Waals surface area (Å²) < 4.78 is 0. The molecule has 22 heavy (non-hydrogen) atoms. The van der Waals surface area contributed by atoms with E-state index >= 15 is 0 Å². The third-order valence-electron chi connectivity index (χ3n) is 4.52. The van der Waals surface area contributed by atoms with Gasteiger partial charge in [0.25, 0.3) is 0 Å². The lowest BCUT2D eigenvalue weighted by molar-refractivity contribution is 0.653. The Bertz CT molecular complexity index is 358. The summed E-state index contributed by atoms with van der Waals surface area (Å²) in [7, 11) is 0.0816. The Morgan fingerprint density at radius 3 is 1.68 bits per heavy atom. The zero-order chi connectivity index (χ0) is 16.0. The number of aryl methyl sites for hydroxylation is 1. The van der Waals surface area contributed by atoms with Crippen LogP contribution in [0.4, 0.5) is 0 Å². The first-order chi connectivity index (χ1) is 10.8. The van der Waals surface area contributed by atoms with Crippen molar-refractivity contribution in [3.05, 3.63) is 29.8 Å². The van der Waals surface area contributed by atoms with E-state index in [0.29, 0.717) is 0 Å². The lowest BCUT2D eigenvalue weighted by Gasteiger charge is -2.20. The van der Waals surface area contributed by atoms with Crippen molar-refractivity contribution in [2.24, 2.45) is 0 Å². The maximum atomic E-state index is 2.40. The van der Waals surface area contributed by atoms with Gasteiger partial charge in [0.2, 0.25) is 0 Å². The van der Waals surface area contributed by atoms with Gasteiger partial charge < -0.3 is 0 Å². The van der Waals surface area contributed by atoms with E-state index in [1.807, 2.05) is 0 Å². The van der Waals surface area contributed by atoms with Crippen LogP contribution < -0.4 is 5.30 Å². The Hall–Kier alpha value is -0.350. The van der Waals surface area contributed by atoms with Crippen LogP contribution in [0.1, 0.15) is 83.6 Å². The van der Waals surface area contributed by atoms with Gasteiger partial charge in [0.15, 0.2) is 0 Å². The Kier molecular flexibility index (Phi) is 11.7. The van der Waals surface area contributed by atoms with Crippen molar-refractivity contribution in [3.8, 4) is 0 Å². The van der Waals surface area contributed by atoms with Gasteiger partial charge >= 0.3 is 0 Å². The molecular formula is C21H37P. The highest BCUT2D eigenvalue weighted by Crippen LogP contribution is 2.38. The maximum Gasteiger partial charge on any atom is -0.0211 e. The molecule has 0 aliphatic rings. The van der Waals surface area contributed by atoms with E-state index in [0.717, 1.165) is 0 Å². The van der Waals surface area contributed by atoms with Gasteiger partial charge in [-0.25, -0.2) is 0 Å². The molecule has 1 heteroatoms. The molecule has 1 aromatic carbocycles. The number of benzene rings is 1. The van der Waals surface area contributed by atoms with Crippen molar-refractivity contribution in [1.29, 1.82) is 0 Å². The molecule has 0 heterocycles. The van der Waals surface area contributed by atoms with E-state index in [9.17, 15) is 0 Å². The third-order valence-corrected chi connectivity index (χ3v) is 7.41. The summed E-state index contributed by atoms with van der Waals surface area (Å²) in [6.45, 7) is 6.91. The predicted molar refractivity (Wildman–Crippen MR) is 105 cm³/mol. The Morgan fingerprint density at radius 1 is 0.682 bits per heavy atom. The average molecular weight is 321 g/mol. The van der Waals surface area contributed by atoms with Crippen LogP contribution in [-0.2, 0) is 0 Å². The zero-order valence-corrected chi connectivity index (χ0v) is 16.1. The monoisotopic (exact) mass is 320 g/mol. The summed E-state index contributed by atoms with van der Waals surface area (Å²) in [6.07, 6.45) is 17.1. The predicted octanol–water partition coefficient (Wildman–Crippen LogP) is 7.04. The molecule has 0 unspecified atom stereocenters. The van der Waals surface area contributed by atoms with Crippen molar-refractivity contribution >= 4 is 13.2 Å². The highest BCUT2D eigenvalue weighted by atomic mass is 31.1. The fraction of sp³-hybridized carbons (Fsp3) is 0.714. The first-order valence-electron chi connectivity index (χ1n) is 9.60. The Morgan fingerprint density at radius 2 is 1.18 bits per heavy atom. The largest absolute Gasteiger partial charge is 0.0750 e. The fourth-order valence-electron chi connectivity index (χ4n) is 3.08. The molecular weight excluding hydrogens is 283 g/mol. The van der Waals surface area contributed by atoms with E-state index in [2.05, 4.69) is 45.0 Å². The molecule has 126 valence electrons. The van der Waals surface area contributed by atoms with Gasteiger partial charge in [0.05, 0.1) is 0 Å². The molecule has 0 aromatic heterocycles. The van der Waals surface area contributed by atoms with Crippen LogP contribution in [-0.4, -0.2) is 12.3 Å². The van der Waals surface area contributed by atoms with Crippen molar-refractivity contribution in [2.45, 2.75) is 85.0 Å². The van der Waals surface area contributed by atoms with Crippen molar-refractivity contribution < 1.29 is 0 Å². The Balaban J connectivity index is 2.44. The summed E-state index contributed by atoms with van der Waals surface area (Å²) in [6, 6.07) is 9.14. The van der Waals surface area contributed by atoms with Gasteiger partial charge in [-0.1, -0.05) is 97.4 Å². The number of unbranched alkanes of at least 4 members (excludes halogenated alkanes) is 8. The Labute approximate surface area is 140 Å². The smallest absolute Gasteiger partial charge is 0.0211 e. The highest BCUT2D eigenvalue weighted by Gasteiger charge is 2.12. The minimum Gasteiger partial charge on any atom is -0.0750 e. The number of hydrogen-bond donors (Lipinski definition) is 0. The van der Waals surface area contributed by atoms with Crippen LogP contribution in [0, 0.1) is 6.92 Å². The maximum absolute atomic E-state index is 2.40. The molecule has 1 rings (SSSR count). The first kappa shape index (κ1) is 19.7.